The Morgan fingerprint density at radius 1 is 1.29 bits per heavy atom. The second kappa shape index (κ2) is 3.33. The fourth-order valence-corrected chi connectivity index (χ4v) is 1.47. The number of furan rings is 1. The molecule has 1 aliphatic heterocycles. The van der Waals surface area contributed by atoms with E-state index in [4.69, 9.17) is 9.15 Å². The SMILES string of the molecule is CC1=CCN=C(c2cc(C)oc2C)O1. The topological polar surface area (TPSA) is 34.7 Å². The lowest BCUT2D eigenvalue weighted by atomic mass is 10.2. The van der Waals surface area contributed by atoms with Crippen LogP contribution in [0.3, 0.4) is 0 Å². The van der Waals surface area contributed by atoms with Crippen LogP contribution in [-0.4, -0.2) is 12.4 Å². The molecule has 0 aromatic carbocycles. The van der Waals surface area contributed by atoms with E-state index in [1.807, 2.05) is 32.9 Å². The molecule has 2 rings (SSSR count). The molecule has 0 saturated heterocycles. The number of nitrogens with zero attached hydrogens (tertiary/aromatic N) is 1. The summed E-state index contributed by atoms with van der Waals surface area (Å²) in [4.78, 5) is 4.28. The third kappa shape index (κ3) is 1.58. The summed E-state index contributed by atoms with van der Waals surface area (Å²) in [5.74, 6) is 3.31. The van der Waals surface area contributed by atoms with E-state index in [1.165, 1.54) is 0 Å². The number of hydrogen-bond acceptors (Lipinski definition) is 3. The van der Waals surface area contributed by atoms with E-state index in [0.717, 1.165) is 22.8 Å². The third-order valence-electron chi connectivity index (χ3n) is 2.14. The first-order valence-electron chi connectivity index (χ1n) is 4.63. The molecule has 0 spiro atoms. The monoisotopic (exact) mass is 191 g/mol. The highest BCUT2D eigenvalue weighted by Gasteiger charge is 2.15. The Labute approximate surface area is 83.1 Å². The minimum absolute atomic E-state index is 0.666. The van der Waals surface area contributed by atoms with E-state index in [-0.39, 0.29) is 0 Å². The quantitative estimate of drug-likeness (QED) is 0.683. The van der Waals surface area contributed by atoms with E-state index in [9.17, 15) is 0 Å². The van der Waals surface area contributed by atoms with Gasteiger partial charge in [0.05, 0.1) is 12.1 Å². The van der Waals surface area contributed by atoms with Gasteiger partial charge in [0.25, 0.3) is 0 Å². The number of aryl methyl sites for hydroxylation is 2. The van der Waals surface area contributed by atoms with Crippen LogP contribution < -0.4 is 0 Å². The molecule has 2 heterocycles. The maximum Gasteiger partial charge on any atom is 0.225 e. The van der Waals surface area contributed by atoms with Crippen LogP contribution in [0.4, 0.5) is 0 Å². The van der Waals surface area contributed by atoms with E-state index in [2.05, 4.69) is 4.99 Å². The highest BCUT2D eigenvalue weighted by atomic mass is 16.5. The molecular weight excluding hydrogens is 178 g/mol. The Morgan fingerprint density at radius 3 is 2.64 bits per heavy atom. The summed E-state index contributed by atoms with van der Waals surface area (Å²) in [6.07, 6.45) is 1.95. The van der Waals surface area contributed by atoms with E-state index < -0.39 is 0 Å². The van der Waals surface area contributed by atoms with Crippen molar-refractivity contribution in [2.45, 2.75) is 20.8 Å². The molecule has 3 nitrogen and oxygen atoms in total. The van der Waals surface area contributed by atoms with Gasteiger partial charge in [-0.05, 0) is 32.9 Å². The summed E-state index contributed by atoms with van der Waals surface area (Å²) in [5.41, 5.74) is 0.954. The van der Waals surface area contributed by atoms with Gasteiger partial charge in [-0.1, -0.05) is 0 Å². The van der Waals surface area contributed by atoms with E-state index in [0.29, 0.717) is 12.4 Å². The van der Waals surface area contributed by atoms with Crippen molar-refractivity contribution in [1.29, 1.82) is 0 Å². The van der Waals surface area contributed by atoms with Crippen LogP contribution in [0.1, 0.15) is 24.0 Å². The molecule has 14 heavy (non-hydrogen) atoms. The third-order valence-corrected chi connectivity index (χ3v) is 2.14. The number of allylic oxidation sites excluding steroid dienone is 1. The molecule has 1 aliphatic rings. The van der Waals surface area contributed by atoms with Gasteiger partial charge in [0.2, 0.25) is 5.90 Å². The van der Waals surface area contributed by atoms with Crippen molar-refractivity contribution in [2.75, 3.05) is 6.54 Å². The molecule has 0 N–H and O–H groups in total. The van der Waals surface area contributed by atoms with Crippen molar-refractivity contribution >= 4 is 5.90 Å². The first kappa shape index (κ1) is 9.06. The number of aliphatic imine (C=N–C) groups is 1. The Morgan fingerprint density at radius 2 is 2.07 bits per heavy atom. The summed E-state index contributed by atoms with van der Waals surface area (Å²) in [6.45, 7) is 6.45. The fraction of sp³-hybridized carbons (Fsp3) is 0.364. The van der Waals surface area contributed by atoms with Crippen molar-refractivity contribution in [3.8, 4) is 0 Å². The normalized spacial score (nSPS) is 15.9. The van der Waals surface area contributed by atoms with Crippen LogP contribution in [0.5, 0.6) is 0 Å². The van der Waals surface area contributed by atoms with Crippen molar-refractivity contribution in [3.63, 3.8) is 0 Å². The summed E-state index contributed by atoms with van der Waals surface area (Å²) in [5, 5.41) is 0. The predicted octanol–water partition coefficient (Wildman–Crippen LogP) is 2.58. The molecule has 1 aromatic heterocycles. The molecule has 0 radical (unpaired) electrons. The lowest BCUT2D eigenvalue weighted by Crippen LogP contribution is -2.10. The Kier molecular flexibility index (Phi) is 2.15. The molecule has 0 bridgehead atoms. The molecular formula is C11H13NO2. The Balaban J connectivity index is 2.32. The largest absolute Gasteiger partial charge is 0.466 e. The van der Waals surface area contributed by atoms with Crippen LogP contribution >= 0.6 is 0 Å². The summed E-state index contributed by atoms with van der Waals surface area (Å²) < 4.78 is 10.9. The minimum Gasteiger partial charge on any atom is -0.466 e. The second-order valence-electron chi connectivity index (χ2n) is 3.39. The maximum atomic E-state index is 5.52. The summed E-state index contributed by atoms with van der Waals surface area (Å²) in [7, 11) is 0. The highest BCUT2D eigenvalue weighted by molar-refractivity contribution is 5.96. The standard InChI is InChI=1S/C11H13NO2/c1-7-4-5-12-11(14-7)10-6-8(2)13-9(10)3/h4,6H,5H2,1-3H3. The van der Waals surface area contributed by atoms with Crippen LogP contribution in [-0.2, 0) is 4.74 Å². The minimum atomic E-state index is 0.666. The zero-order valence-corrected chi connectivity index (χ0v) is 8.63. The molecule has 0 aliphatic carbocycles. The molecule has 74 valence electrons. The van der Waals surface area contributed by atoms with Gasteiger partial charge in [-0.25, -0.2) is 4.99 Å². The number of ether oxygens (including phenoxy) is 1. The van der Waals surface area contributed by atoms with Gasteiger partial charge in [0.15, 0.2) is 0 Å². The predicted molar refractivity (Wildman–Crippen MR) is 54.4 cm³/mol. The Hall–Kier alpha value is -1.51. The molecule has 1 aromatic rings. The second-order valence-corrected chi connectivity index (χ2v) is 3.39. The molecule has 0 saturated carbocycles. The van der Waals surface area contributed by atoms with Crippen molar-refractivity contribution in [3.05, 3.63) is 35.0 Å². The van der Waals surface area contributed by atoms with Gasteiger partial charge in [-0.3, -0.25) is 0 Å². The van der Waals surface area contributed by atoms with Crippen LogP contribution in [0.15, 0.2) is 27.3 Å². The van der Waals surface area contributed by atoms with Crippen LogP contribution in [0, 0.1) is 13.8 Å². The molecule has 3 heteroatoms. The lowest BCUT2D eigenvalue weighted by molar-refractivity contribution is 0.405. The molecule has 0 fully saturated rings. The fourth-order valence-electron chi connectivity index (χ4n) is 1.47. The zero-order chi connectivity index (χ0) is 10.1. The Bertz CT molecular complexity index is 413. The van der Waals surface area contributed by atoms with Crippen molar-refractivity contribution < 1.29 is 9.15 Å². The van der Waals surface area contributed by atoms with Gasteiger partial charge in [-0.2, -0.15) is 0 Å². The van der Waals surface area contributed by atoms with Crippen LogP contribution in [0.25, 0.3) is 0 Å². The maximum absolute atomic E-state index is 5.52. The molecule has 0 unspecified atom stereocenters. The van der Waals surface area contributed by atoms with Gasteiger partial charge < -0.3 is 9.15 Å². The average Bonchev–Trinajstić information content (AvgIpc) is 2.45. The van der Waals surface area contributed by atoms with E-state index in [1.54, 1.807) is 0 Å². The van der Waals surface area contributed by atoms with Crippen molar-refractivity contribution in [2.24, 2.45) is 4.99 Å². The van der Waals surface area contributed by atoms with Gasteiger partial charge in [0, 0.05) is 0 Å². The molecule has 0 atom stereocenters. The lowest BCUT2D eigenvalue weighted by Gasteiger charge is -2.11. The average molecular weight is 191 g/mol. The number of hydrogen-bond donors (Lipinski definition) is 0. The van der Waals surface area contributed by atoms with Crippen molar-refractivity contribution in [1.82, 2.24) is 0 Å². The zero-order valence-electron chi connectivity index (χ0n) is 8.63. The smallest absolute Gasteiger partial charge is 0.225 e. The summed E-state index contributed by atoms with van der Waals surface area (Å²) in [6, 6.07) is 1.95. The first-order valence-corrected chi connectivity index (χ1v) is 4.63. The first-order chi connectivity index (χ1) is 6.66. The van der Waals surface area contributed by atoms with E-state index >= 15 is 0 Å². The van der Waals surface area contributed by atoms with Crippen LogP contribution in [0.2, 0.25) is 0 Å². The number of rotatable bonds is 1. The van der Waals surface area contributed by atoms with Gasteiger partial charge in [-0.15, -0.1) is 0 Å². The molecule has 0 amide bonds. The summed E-state index contributed by atoms with van der Waals surface area (Å²) >= 11 is 0. The van der Waals surface area contributed by atoms with Gasteiger partial charge >= 0.3 is 0 Å². The van der Waals surface area contributed by atoms with Gasteiger partial charge in [0.1, 0.15) is 17.3 Å². The highest BCUT2D eigenvalue weighted by Crippen LogP contribution is 2.18.